The number of amides is 1. The van der Waals surface area contributed by atoms with E-state index in [1.54, 1.807) is 13.8 Å². The van der Waals surface area contributed by atoms with Crippen molar-refractivity contribution >= 4 is 17.5 Å². The van der Waals surface area contributed by atoms with Gasteiger partial charge in [0.1, 0.15) is 0 Å². The first-order valence-corrected chi connectivity index (χ1v) is 6.39. The number of carbonyl (C=O) groups is 1. The number of carbonyl (C=O) groups excluding carboxylic acids is 1. The molecule has 0 atom stereocenters. The summed E-state index contributed by atoms with van der Waals surface area (Å²) in [5.41, 5.74) is -1.00. The number of ether oxygens (including phenoxy) is 1. The monoisotopic (exact) mass is 279 g/mol. The summed E-state index contributed by atoms with van der Waals surface area (Å²) in [7, 11) is 0. The fourth-order valence-electron chi connectivity index (χ4n) is 2.07. The first kappa shape index (κ1) is 14.2. The van der Waals surface area contributed by atoms with E-state index in [0.29, 0.717) is 12.3 Å². The van der Waals surface area contributed by atoms with Crippen LogP contribution in [0.1, 0.15) is 27.7 Å². The molecule has 0 aliphatic carbocycles. The van der Waals surface area contributed by atoms with E-state index >= 15 is 0 Å². The zero-order valence-corrected chi connectivity index (χ0v) is 11.9. The van der Waals surface area contributed by atoms with E-state index in [9.17, 15) is 14.9 Å². The Kier molecular flexibility index (Phi) is 3.37. The molecule has 1 aromatic heterocycles. The molecule has 7 nitrogen and oxygen atoms in total. The lowest BCUT2D eigenvalue weighted by Gasteiger charge is -2.36. The Hall–Kier alpha value is -2.18. The maximum Gasteiger partial charge on any atom is 0.366 e. The molecule has 20 heavy (non-hydrogen) atoms. The molecule has 0 N–H and O–H groups in total. The number of pyridine rings is 1. The predicted molar refractivity (Wildman–Crippen MR) is 72.8 cm³/mol. The van der Waals surface area contributed by atoms with Crippen molar-refractivity contribution in [1.29, 1.82) is 0 Å². The summed E-state index contributed by atoms with van der Waals surface area (Å²) in [5.74, 6) is 0.278. The molecular formula is C13H17N3O4. The van der Waals surface area contributed by atoms with Crippen molar-refractivity contribution in [2.24, 2.45) is 5.92 Å². The summed E-state index contributed by atoms with van der Waals surface area (Å²) in [4.78, 5) is 28.1. The fourth-order valence-corrected chi connectivity index (χ4v) is 2.07. The summed E-state index contributed by atoms with van der Waals surface area (Å²) in [5, 5.41) is 10.8. The van der Waals surface area contributed by atoms with Crippen LogP contribution in [0, 0.1) is 16.0 Å². The molecule has 0 aromatic carbocycles. The molecule has 0 radical (unpaired) electrons. The predicted octanol–water partition coefficient (Wildman–Crippen LogP) is 2.15. The van der Waals surface area contributed by atoms with Crippen LogP contribution in [0.4, 0.5) is 11.6 Å². The highest BCUT2D eigenvalue weighted by Crippen LogP contribution is 2.37. The lowest BCUT2D eigenvalue weighted by atomic mass is 10.0. The van der Waals surface area contributed by atoms with Crippen LogP contribution in [0.25, 0.3) is 0 Å². The minimum absolute atomic E-state index is 0.210. The van der Waals surface area contributed by atoms with Crippen LogP contribution in [-0.2, 0) is 4.79 Å². The SMILES string of the molecule is CC(C)CN1C(=O)C(C)(C)Oc2ccc([N+](=O)[O-])nc21. The number of aromatic nitrogens is 1. The molecular weight excluding hydrogens is 262 g/mol. The van der Waals surface area contributed by atoms with Crippen LogP contribution in [0.2, 0.25) is 0 Å². The normalized spacial score (nSPS) is 16.9. The minimum Gasteiger partial charge on any atom is -0.472 e. The quantitative estimate of drug-likeness (QED) is 0.625. The van der Waals surface area contributed by atoms with Gasteiger partial charge in [-0.3, -0.25) is 9.69 Å². The van der Waals surface area contributed by atoms with Crippen LogP contribution in [0.3, 0.4) is 0 Å². The number of anilines is 1. The molecule has 2 rings (SSSR count). The van der Waals surface area contributed by atoms with E-state index in [1.807, 2.05) is 13.8 Å². The maximum atomic E-state index is 12.4. The van der Waals surface area contributed by atoms with E-state index in [1.165, 1.54) is 17.0 Å². The van der Waals surface area contributed by atoms with Crippen molar-refractivity contribution in [3.8, 4) is 5.75 Å². The van der Waals surface area contributed by atoms with Gasteiger partial charge >= 0.3 is 5.82 Å². The molecule has 1 aromatic rings. The Morgan fingerprint density at radius 2 is 2.10 bits per heavy atom. The van der Waals surface area contributed by atoms with E-state index in [0.717, 1.165) is 0 Å². The molecule has 0 saturated carbocycles. The summed E-state index contributed by atoms with van der Waals surface area (Å²) < 4.78 is 5.60. The second kappa shape index (κ2) is 4.73. The van der Waals surface area contributed by atoms with E-state index in [-0.39, 0.29) is 23.5 Å². The third-order valence-electron chi connectivity index (χ3n) is 2.94. The number of fused-ring (bicyclic) bond motifs is 1. The molecule has 2 heterocycles. The van der Waals surface area contributed by atoms with Gasteiger partial charge < -0.3 is 14.9 Å². The fraction of sp³-hybridized carbons (Fsp3) is 0.538. The number of nitro groups is 1. The van der Waals surface area contributed by atoms with Gasteiger partial charge in [0.2, 0.25) is 0 Å². The van der Waals surface area contributed by atoms with Crippen molar-refractivity contribution in [3.05, 3.63) is 22.2 Å². The molecule has 0 fully saturated rings. The molecule has 0 saturated heterocycles. The zero-order chi connectivity index (χ0) is 15.1. The van der Waals surface area contributed by atoms with Gasteiger partial charge in [-0.1, -0.05) is 13.8 Å². The molecule has 0 spiro atoms. The summed E-state index contributed by atoms with van der Waals surface area (Å²) >= 11 is 0. The Bertz CT molecular complexity index is 569. The smallest absolute Gasteiger partial charge is 0.366 e. The Balaban J connectivity index is 2.53. The number of rotatable bonds is 3. The van der Waals surface area contributed by atoms with Gasteiger partial charge in [0.05, 0.1) is 0 Å². The van der Waals surface area contributed by atoms with Crippen molar-refractivity contribution in [1.82, 2.24) is 4.98 Å². The summed E-state index contributed by atoms with van der Waals surface area (Å²) in [6, 6.07) is 2.76. The highest BCUT2D eigenvalue weighted by molar-refractivity contribution is 6.01. The lowest BCUT2D eigenvalue weighted by molar-refractivity contribution is -0.389. The van der Waals surface area contributed by atoms with Gasteiger partial charge in [0.15, 0.2) is 11.4 Å². The Labute approximate surface area is 116 Å². The highest BCUT2D eigenvalue weighted by Gasteiger charge is 2.44. The number of hydrogen-bond donors (Lipinski definition) is 0. The first-order chi connectivity index (χ1) is 9.22. The van der Waals surface area contributed by atoms with Gasteiger partial charge in [-0.2, -0.15) is 0 Å². The van der Waals surface area contributed by atoms with Crippen molar-refractivity contribution in [2.45, 2.75) is 33.3 Å². The van der Waals surface area contributed by atoms with Crippen LogP contribution < -0.4 is 9.64 Å². The second-order valence-corrected chi connectivity index (χ2v) is 5.67. The van der Waals surface area contributed by atoms with Gasteiger partial charge in [-0.15, -0.1) is 0 Å². The van der Waals surface area contributed by atoms with Crippen molar-refractivity contribution in [2.75, 3.05) is 11.4 Å². The van der Waals surface area contributed by atoms with Crippen LogP contribution in [0.5, 0.6) is 5.75 Å². The molecule has 0 bridgehead atoms. The van der Waals surface area contributed by atoms with E-state index < -0.39 is 10.5 Å². The average Bonchev–Trinajstić information content (AvgIpc) is 2.33. The Morgan fingerprint density at radius 3 is 2.65 bits per heavy atom. The van der Waals surface area contributed by atoms with E-state index in [4.69, 9.17) is 4.74 Å². The number of nitrogens with zero attached hydrogens (tertiary/aromatic N) is 3. The minimum atomic E-state index is -1.00. The molecule has 1 aliphatic rings. The van der Waals surface area contributed by atoms with Crippen LogP contribution >= 0.6 is 0 Å². The molecule has 1 aliphatic heterocycles. The molecule has 7 heteroatoms. The third kappa shape index (κ3) is 2.43. The van der Waals surface area contributed by atoms with E-state index in [2.05, 4.69) is 4.98 Å². The standard InChI is InChI=1S/C13H17N3O4/c1-8(2)7-15-11-9(20-13(3,4)12(15)17)5-6-10(14-11)16(18)19/h5-6,8H,7H2,1-4H3. The largest absolute Gasteiger partial charge is 0.472 e. The number of hydrogen-bond acceptors (Lipinski definition) is 5. The molecule has 108 valence electrons. The maximum absolute atomic E-state index is 12.4. The van der Waals surface area contributed by atoms with Gasteiger partial charge in [-0.05, 0) is 35.7 Å². The first-order valence-electron chi connectivity index (χ1n) is 6.39. The Morgan fingerprint density at radius 1 is 1.45 bits per heavy atom. The lowest BCUT2D eigenvalue weighted by Crippen LogP contribution is -2.53. The summed E-state index contributed by atoms with van der Waals surface area (Å²) in [6.45, 7) is 7.71. The highest BCUT2D eigenvalue weighted by atomic mass is 16.6. The van der Waals surface area contributed by atoms with Crippen molar-refractivity contribution in [3.63, 3.8) is 0 Å². The topological polar surface area (TPSA) is 85.6 Å². The molecule has 0 unspecified atom stereocenters. The van der Waals surface area contributed by atoms with Gasteiger partial charge in [-0.25, -0.2) is 0 Å². The summed E-state index contributed by atoms with van der Waals surface area (Å²) in [6.07, 6.45) is 0. The second-order valence-electron chi connectivity index (χ2n) is 5.67. The van der Waals surface area contributed by atoms with Crippen LogP contribution in [-0.4, -0.2) is 28.0 Å². The average molecular weight is 279 g/mol. The molecule has 1 amide bonds. The van der Waals surface area contributed by atoms with Gasteiger partial charge in [0, 0.05) is 12.6 Å². The zero-order valence-electron chi connectivity index (χ0n) is 11.9. The van der Waals surface area contributed by atoms with Crippen LogP contribution in [0.15, 0.2) is 12.1 Å². The van der Waals surface area contributed by atoms with Crippen molar-refractivity contribution < 1.29 is 14.5 Å². The third-order valence-corrected chi connectivity index (χ3v) is 2.94. The van der Waals surface area contributed by atoms with Gasteiger partial charge in [0.25, 0.3) is 11.7 Å².